The second kappa shape index (κ2) is 9.80. The summed E-state index contributed by atoms with van der Waals surface area (Å²) in [6.45, 7) is 10.2. The highest BCUT2D eigenvalue weighted by molar-refractivity contribution is 6.42. The summed E-state index contributed by atoms with van der Waals surface area (Å²) in [7, 11) is 0. The molecule has 1 unspecified atom stereocenters. The first-order valence-corrected chi connectivity index (χ1v) is 10.1. The zero-order valence-electron chi connectivity index (χ0n) is 15.6. The lowest BCUT2D eigenvalue weighted by Crippen LogP contribution is -2.47. The number of carbonyl (C=O) groups excluding carboxylic acids is 1. The van der Waals surface area contributed by atoms with Crippen molar-refractivity contribution in [3.8, 4) is 0 Å². The minimum Gasteiger partial charge on any atom is -0.340 e. The number of hydrogen-bond donors (Lipinski definition) is 0. The van der Waals surface area contributed by atoms with Gasteiger partial charge in [-0.3, -0.25) is 4.79 Å². The van der Waals surface area contributed by atoms with Gasteiger partial charge in [-0.2, -0.15) is 0 Å². The van der Waals surface area contributed by atoms with Gasteiger partial charge in [-0.25, -0.2) is 0 Å². The van der Waals surface area contributed by atoms with E-state index in [-0.39, 0.29) is 5.91 Å². The van der Waals surface area contributed by atoms with Gasteiger partial charge < -0.3 is 9.80 Å². The van der Waals surface area contributed by atoms with Gasteiger partial charge in [0.05, 0.1) is 10.0 Å². The molecule has 140 valence electrons. The highest BCUT2D eigenvalue weighted by Crippen LogP contribution is 2.28. The number of halogens is 2. The molecule has 1 aliphatic rings. The molecule has 0 aliphatic carbocycles. The molecule has 1 heterocycles. The molecule has 1 aliphatic heterocycles. The average Bonchev–Trinajstić information content (AvgIpc) is 2.60. The fourth-order valence-corrected chi connectivity index (χ4v) is 3.96. The Morgan fingerprint density at radius 3 is 2.52 bits per heavy atom. The van der Waals surface area contributed by atoms with Crippen molar-refractivity contribution in [2.24, 2.45) is 0 Å². The van der Waals surface area contributed by atoms with E-state index in [9.17, 15) is 4.79 Å². The Labute approximate surface area is 162 Å². The Kier molecular flexibility index (Phi) is 8.05. The Morgan fingerprint density at radius 1 is 1.28 bits per heavy atom. The van der Waals surface area contributed by atoms with E-state index in [1.165, 1.54) is 5.56 Å². The van der Waals surface area contributed by atoms with Crippen LogP contribution in [0.15, 0.2) is 18.2 Å². The molecule has 25 heavy (non-hydrogen) atoms. The quantitative estimate of drug-likeness (QED) is 0.643. The zero-order valence-corrected chi connectivity index (χ0v) is 17.1. The minimum absolute atomic E-state index is 0.216. The second-order valence-corrected chi connectivity index (χ2v) is 7.96. The van der Waals surface area contributed by atoms with Crippen LogP contribution in [0.3, 0.4) is 0 Å². The summed E-state index contributed by atoms with van der Waals surface area (Å²) in [5.41, 5.74) is 1.25. The first-order chi connectivity index (χ1) is 11.9. The maximum atomic E-state index is 11.8. The zero-order chi connectivity index (χ0) is 18.4. The van der Waals surface area contributed by atoms with Crippen LogP contribution in [-0.4, -0.2) is 47.9 Å². The Hall–Kier alpha value is -0.770. The van der Waals surface area contributed by atoms with Gasteiger partial charge in [0.1, 0.15) is 0 Å². The Morgan fingerprint density at radius 2 is 1.96 bits per heavy atom. The van der Waals surface area contributed by atoms with Gasteiger partial charge >= 0.3 is 0 Å². The predicted octanol–water partition coefficient (Wildman–Crippen LogP) is 5.21. The first-order valence-electron chi connectivity index (χ1n) is 9.36. The van der Waals surface area contributed by atoms with E-state index in [4.69, 9.17) is 23.2 Å². The van der Waals surface area contributed by atoms with Crippen molar-refractivity contribution < 1.29 is 4.79 Å². The molecule has 0 spiro atoms. The maximum absolute atomic E-state index is 11.8. The van der Waals surface area contributed by atoms with Crippen LogP contribution in [-0.2, 0) is 4.79 Å². The van der Waals surface area contributed by atoms with Crippen molar-refractivity contribution in [2.75, 3.05) is 26.2 Å². The number of amides is 1. The molecule has 0 N–H and O–H groups in total. The molecule has 1 fully saturated rings. The lowest BCUT2D eigenvalue weighted by Gasteiger charge is -2.38. The van der Waals surface area contributed by atoms with Gasteiger partial charge in [0.25, 0.3) is 0 Å². The molecule has 1 amide bonds. The number of hydrogen-bond acceptors (Lipinski definition) is 2. The van der Waals surface area contributed by atoms with Crippen molar-refractivity contribution >= 4 is 29.1 Å². The number of likely N-dealkylation sites (tertiary alicyclic amines) is 1. The molecule has 0 bridgehead atoms. The summed E-state index contributed by atoms with van der Waals surface area (Å²) in [6, 6.07) is 6.35. The van der Waals surface area contributed by atoms with Crippen molar-refractivity contribution in [1.82, 2.24) is 9.80 Å². The summed E-state index contributed by atoms with van der Waals surface area (Å²) in [6.07, 6.45) is 4.30. The summed E-state index contributed by atoms with van der Waals surface area (Å²) in [4.78, 5) is 16.4. The second-order valence-electron chi connectivity index (χ2n) is 7.15. The Balaban J connectivity index is 1.79. The van der Waals surface area contributed by atoms with Gasteiger partial charge in [-0.15, -0.1) is 0 Å². The molecule has 0 saturated carbocycles. The lowest BCUT2D eigenvalue weighted by molar-refractivity contribution is -0.132. The standard InChI is InChI=1S/C20H30Cl2N2O/c1-4-10-24(16(3)25)18-8-12-23(13-9-18)11-7-15(2)17-5-6-19(21)20(22)14-17/h5-6,14-15,18H,4,7-13H2,1-3H3. The van der Waals surface area contributed by atoms with Crippen LogP contribution < -0.4 is 0 Å². The third kappa shape index (κ3) is 5.87. The normalized spacial score (nSPS) is 17.5. The lowest BCUT2D eigenvalue weighted by atomic mass is 9.96. The smallest absolute Gasteiger partial charge is 0.219 e. The molecule has 1 aromatic carbocycles. The van der Waals surface area contributed by atoms with Gasteiger partial charge in [0.2, 0.25) is 5.91 Å². The van der Waals surface area contributed by atoms with Crippen LogP contribution in [0.1, 0.15) is 57.9 Å². The van der Waals surface area contributed by atoms with E-state index in [1.807, 2.05) is 12.1 Å². The van der Waals surface area contributed by atoms with E-state index in [0.717, 1.165) is 51.9 Å². The summed E-state index contributed by atoms with van der Waals surface area (Å²) in [5, 5.41) is 1.24. The third-order valence-corrected chi connectivity index (χ3v) is 6.00. The molecular weight excluding hydrogens is 355 g/mol. The number of piperidine rings is 1. The van der Waals surface area contributed by atoms with Gasteiger partial charge in [0.15, 0.2) is 0 Å². The summed E-state index contributed by atoms with van der Waals surface area (Å²) < 4.78 is 0. The maximum Gasteiger partial charge on any atom is 0.219 e. The first kappa shape index (κ1) is 20.5. The van der Waals surface area contributed by atoms with Crippen molar-refractivity contribution in [3.63, 3.8) is 0 Å². The van der Waals surface area contributed by atoms with E-state index >= 15 is 0 Å². The largest absolute Gasteiger partial charge is 0.340 e. The molecular formula is C20H30Cl2N2O. The number of rotatable bonds is 7. The van der Waals surface area contributed by atoms with Crippen molar-refractivity contribution in [1.29, 1.82) is 0 Å². The number of benzene rings is 1. The van der Waals surface area contributed by atoms with E-state index < -0.39 is 0 Å². The molecule has 0 radical (unpaired) electrons. The van der Waals surface area contributed by atoms with Crippen LogP contribution >= 0.6 is 23.2 Å². The summed E-state index contributed by atoms with van der Waals surface area (Å²) >= 11 is 12.1. The number of carbonyl (C=O) groups is 1. The van der Waals surface area contributed by atoms with E-state index in [0.29, 0.717) is 22.0 Å². The van der Waals surface area contributed by atoms with E-state index in [1.54, 1.807) is 6.92 Å². The highest BCUT2D eigenvalue weighted by atomic mass is 35.5. The molecule has 5 heteroatoms. The summed E-state index contributed by atoms with van der Waals surface area (Å²) in [5.74, 6) is 0.676. The van der Waals surface area contributed by atoms with E-state index in [2.05, 4.69) is 29.7 Å². The number of nitrogens with zero attached hydrogens (tertiary/aromatic N) is 2. The van der Waals surface area contributed by atoms with Crippen LogP contribution in [0.4, 0.5) is 0 Å². The Bertz CT molecular complexity index is 571. The molecule has 2 rings (SSSR count). The van der Waals surface area contributed by atoms with Crippen LogP contribution in [0, 0.1) is 0 Å². The predicted molar refractivity (Wildman–Crippen MR) is 107 cm³/mol. The van der Waals surface area contributed by atoms with Gasteiger partial charge in [0, 0.05) is 32.6 Å². The third-order valence-electron chi connectivity index (χ3n) is 5.26. The molecule has 1 atom stereocenters. The van der Waals surface area contributed by atoms with Crippen LogP contribution in [0.5, 0.6) is 0 Å². The topological polar surface area (TPSA) is 23.6 Å². The minimum atomic E-state index is 0.216. The monoisotopic (exact) mass is 384 g/mol. The van der Waals surface area contributed by atoms with Gasteiger partial charge in [-0.1, -0.05) is 43.1 Å². The fourth-order valence-electron chi connectivity index (χ4n) is 3.65. The van der Waals surface area contributed by atoms with Crippen molar-refractivity contribution in [3.05, 3.63) is 33.8 Å². The molecule has 0 aromatic heterocycles. The molecule has 3 nitrogen and oxygen atoms in total. The van der Waals surface area contributed by atoms with Crippen LogP contribution in [0.25, 0.3) is 0 Å². The SMILES string of the molecule is CCCN(C(C)=O)C1CCN(CCC(C)c2ccc(Cl)c(Cl)c2)CC1. The fraction of sp³-hybridized carbons (Fsp3) is 0.650. The van der Waals surface area contributed by atoms with Crippen LogP contribution in [0.2, 0.25) is 10.0 Å². The van der Waals surface area contributed by atoms with Crippen molar-refractivity contribution in [2.45, 2.75) is 58.4 Å². The highest BCUT2D eigenvalue weighted by Gasteiger charge is 2.25. The molecule has 1 aromatic rings. The van der Waals surface area contributed by atoms with Gasteiger partial charge in [-0.05, 0) is 55.8 Å². The molecule has 1 saturated heterocycles. The average molecular weight is 385 g/mol.